The van der Waals surface area contributed by atoms with Crippen LogP contribution >= 0.6 is 15.9 Å². The maximum Gasteiger partial charge on any atom is 0.387 e. The zero-order valence-electron chi connectivity index (χ0n) is 13.1. The molecule has 1 aromatic heterocycles. The summed E-state index contributed by atoms with van der Waals surface area (Å²) < 4.78 is 36.7. The second-order valence-electron chi connectivity index (χ2n) is 4.78. The highest BCUT2D eigenvalue weighted by Crippen LogP contribution is 2.31. The summed E-state index contributed by atoms with van der Waals surface area (Å²) in [4.78, 5) is 12.1. The molecule has 9 heteroatoms. The van der Waals surface area contributed by atoms with E-state index in [1.807, 2.05) is 6.92 Å². The zero-order chi connectivity index (χ0) is 17.7. The second kappa shape index (κ2) is 8.09. The minimum absolute atomic E-state index is 0.0195. The first-order valence-corrected chi connectivity index (χ1v) is 7.89. The van der Waals surface area contributed by atoms with Gasteiger partial charge in [0.25, 0.3) is 0 Å². The highest BCUT2D eigenvalue weighted by molar-refractivity contribution is 9.10. The number of carbonyl (C=O) groups is 1. The van der Waals surface area contributed by atoms with Crippen molar-refractivity contribution in [2.24, 2.45) is 0 Å². The standard InChI is InChI=1S/C15H16BrF2N3O3/c1-3-23-13-6-10(4-5-12(13)24-15(17)18)19-14(22)8-21-7-11(16)9(2)20-21/h4-7,15H,3,8H2,1-2H3,(H,19,22). The molecular formula is C15H16BrF2N3O3. The van der Waals surface area contributed by atoms with E-state index in [-0.39, 0.29) is 30.6 Å². The first kappa shape index (κ1) is 18.2. The summed E-state index contributed by atoms with van der Waals surface area (Å²) in [5.41, 5.74) is 1.18. The fraction of sp³-hybridized carbons (Fsp3) is 0.333. The van der Waals surface area contributed by atoms with Crippen LogP contribution in [-0.4, -0.2) is 28.9 Å². The number of rotatable bonds is 7. The molecule has 0 bridgehead atoms. The molecule has 24 heavy (non-hydrogen) atoms. The van der Waals surface area contributed by atoms with Crippen LogP contribution < -0.4 is 14.8 Å². The van der Waals surface area contributed by atoms with E-state index in [4.69, 9.17) is 4.74 Å². The molecule has 2 aromatic rings. The SMILES string of the molecule is CCOc1cc(NC(=O)Cn2cc(Br)c(C)n2)ccc1OC(F)F. The van der Waals surface area contributed by atoms with Gasteiger partial charge >= 0.3 is 6.61 Å². The Labute approximate surface area is 145 Å². The predicted octanol–water partition coefficient (Wildman–Crippen LogP) is 3.59. The van der Waals surface area contributed by atoms with E-state index in [9.17, 15) is 13.6 Å². The molecule has 1 heterocycles. The zero-order valence-corrected chi connectivity index (χ0v) is 14.6. The lowest BCUT2D eigenvalue weighted by molar-refractivity contribution is -0.116. The minimum atomic E-state index is -2.95. The molecule has 0 spiro atoms. The fourth-order valence-electron chi connectivity index (χ4n) is 1.97. The molecule has 0 aliphatic heterocycles. The molecule has 2 rings (SSSR count). The van der Waals surface area contributed by atoms with Gasteiger partial charge in [-0.25, -0.2) is 0 Å². The largest absolute Gasteiger partial charge is 0.490 e. The Bertz CT molecular complexity index is 702. The average molecular weight is 404 g/mol. The van der Waals surface area contributed by atoms with Crippen LogP contribution in [0.5, 0.6) is 11.5 Å². The Hall–Kier alpha value is -2.16. The summed E-state index contributed by atoms with van der Waals surface area (Å²) >= 11 is 3.32. The maximum atomic E-state index is 12.4. The number of nitrogens with one attached hydrogen (secondary N) is 1. The van der Waals surface area contributed by atoms with Crippen molar-refractivity contribution in [1.29, 1.82) is 0 Å². The molecule has 1 amide bonds. The predicted molar refractivity (Wildman–Crippen MR) is 87.5 cm³/mol. The number of amides is 1. The number of hydrogen-bond donors (Lipinski definition) is 1. The molecule has 1 N–H and O–H groups in total. The third-order valence-corrected chi connectivity index (χ3v) is 3.71. The molecule has 0 aliphatic carbocycles. The number of carbonyl (C=O) groups excluding carboxylic acids is 1. The number of aryl methyl sites for hydroxylation is 1. The molecule has 0 atom stereocenters. The van der Waals surface area contributed by atoms with Crippen molar-refractivity contribution < 1.29 is 23.0 Å². The molecule has 1 aromatic carbocycles. The molecule has 0 saturated heterocycles. The number of benzene rings is 1. The average Bonchev–Trinajstić information content (AvgIpc) is 2.79. The van der Waals surface area contributed by atoms with Gasteiger partial charge in [-0.2, -0.15) is 13.9 Å². The van der Waals surface area contributed by atoms with Gasteiger partial charge in [0, 0.05) is 18.0 Å². The summed E-state index contributed by atoms with van der Waals surface area (Å²) in [5, 5.41) is 6.83. The van der Waals surface area contributed by atoms with Crippen LogP contribution in [0.2, 0.25) is 0 Å². The number of alkyl halides is 2. The van der Waals surface area contributed by atoms with Gasteiger partial charge in [0.15, 0.2) is 11.5 Å². The topological polar surface area (TPSA) is 65.4 Å². The van der Waals surface area contributed by atoms with Gasteiger partial charge in [-0.05, 0) is 41.9 Å². The smallest absolute Gasteiger partial charge is 0.387 e. The van der Waals surface area contributed by atoms with Crippen LogP contribution in [0.25, 0.3) is 0 Å². The monoisotopic (exact) mass is 403 g/mol. The van der Waals surface area contributed by atoms with Gasteiger partial charge in [0.2, 0.25) is 5.91 Å². The van der Waals surface area contributed by atoms with Crippen LogP contribution in [0.4, 0.5) is 14.5 Å². The summed E-state index contributed by atoms with van der Waals surface area (Å²) in [6.45, 7) is 0.874. The van der Waals surface area contributed by atoms with Gasteiger partial charge in [-0.3, -0.25) is 9.48 Å². The molecule has 0 radical (unpaired) electrons. The van der Waals surface area contributed by atoms with Crippen LogP contribution in [0, 0.1) is 6.92 Å². The number of nitrogens with zero attached hydrogens (tertiary/aromatic N) is 2. The number of aromatic nitrogens is 2. The number of ether oxygens (including phenoxy) is 2. The number of anilines is 1. The Morgan fingerprint density at radius 2 is 2.17 bits per heavy atom. The highest BCUT2D eigenvalue weighted by Gasteiger charge is 2.13. The van der Waals surface area contributed by atoms with Gasteiger partial charge in [-0.15, -0.1) is 0 Å². The van der Waals surface area contributed by atoms with E-state index in [1.165, 1.54) is 22.9 Å². The molecular weight excluding hydrogens is 388 g/mol. The van der Waals surface area contributed by atoms with E-state index < -0.39 is 6.61 Å². The van der Waals surface area contributed by atoms with E-state index in [0.717, 1.165) is 10.2 Å². The number of hydrogen-bond acceptors (Lipinski definition) is 4. The van der Waals surface area contributed by atoms with Crippen molar-refractivity contribution in [3.05, 3.63) is 34.6 Å². The first-order chi connectivity index (χ1) is 11.4. The minimum Gasteiger partial charge on any atom is -0.490 e. The highest BCUT2D eigenvalue weighted by atomic mass is 79.9. The van der Waals surface area contributed by atoms with Crippen LogP contribution in [-0.2, 0) is 11.3 Å². The third-order valence-electron chi connectivity index (χ3n) is 2.94. The van der Waals surface area contributed by atoms with Gasteiger partial charge < -0.3 is 14.8 Å². The number of halogens is 3. The van der Waals surface area contributed by atoms with E-state index >= 15 is 0 Å². The summed E-state index contributed by atoms with van der Waals surface area (Å²) in [6.07, 6.45) is 1.69. The lowest BCUT2D eigenvalue weighted by atomic mass is 10.2. The van der Waals surface area contributed by atoms with Crippen molar-refractivity contribution in [2.45, 2.75) is 27.0 Å². The van der Waals surface area contributed by atoms with E-state index in [2.05, 4.69) is 31.1 Å². The molecule has 0 unspecified atom stereocenters. The normalized spacial score (nSPS) is 10.8. The maximum absolute atomic E-state index is 12.4. The molecule has 6 nitrogen and oxygen atoms in total. The summed E-state index contributed by atoms with van der Waals surface area (Å²) in [6, 6.07) is 4.22. The van der Waals surface area contributed by atoms with Gasteiger partial charge in [0.1, 0.15) is 6.54 Å². The van der Waals surface area contributed by atoms with Crippen LogP contribution in [0.15, 0.2) is 28.9 Å². The molecule has 0 aliphatic rings. The van der Waals surface area contributed by atoms with Crippen molar-refractivity contribution in [2.75, 3.05) is 11.9 Å². The summed E-state index contributed by atoms with van der Waals surface area (Å²) in [7, 11) is 0. The fourth-order valence-corrected chi connectivity index (χ4v) is 2.29. The van der Waals surface area contributed by atoms with Crippen molar-refractivity contribution >= 4 is 27.5 Å². The van der Waals surface area contributed by atoms with Crippen molar-refractivity contribution in [1.82, 2.24) is 9.78 Å². The lowest BCUT2D eigenvalue weighted by Crippen LogP contribution is -2.19. The van der Waals surface area contributed by atoms with Gasteiger partial charge in [0.05, 0.1) is 16.8 Å². The Morgan fingerprint density at radius 3 is 2.75 bits per heavy atom. The molecule has 0 saturated carbocycles. The van der Waals surface area contributed by atoms with Crippen LogP contribution in [0.1, 0.15) is 12.6 Å². The lowest BCUT2D eigenvalue weighted by Gasteiger charge is -2.13. The van der Waals surface area contributed by atoms with E-state index in [0.29, 0.717) is 5.69 Å². The second-order valence-corrected chi connectivity index (χ2v) is 5.64. The Balaban J connectivity index is 2.08. The summed E-state index contributed by atoms with van der Waals surface area (Å²) in [5.74, 6) is -0.264. The van der Waals surface area contributed by atoms with E-state index in [1.54, 1.807) is 13.1 Å². The van der Waals surface area contributed by atoms with Crippen LogP contribution in [0.3, 0.4) is 0 Å². The van der Waals surface area contributed by atoms with Crippen molar-refractivity contribution in [3.8, 4) is 11.5 Å². The molecule has 130 valence electrons. The molecule has 0 fully saturated rings. The van der Waals surface area contributed by atoms with Gasteiger partial charge in [-0.1, -0.05) is 0 Å². The first-order valence-electron chi connectivity index (χ1n) is 7.10. The quantitative estimate of drug-likeness (QED) is 0.766. The Kier molecular flexibility index (Phi) is 6.13. The van der Waals surface area contributed by atoms with Crippen molar-refractivity contribution in [3.63, 3.8) is 0 Å². The Morgan fingerprint density at radius 1 is 1.42 bits per heavy atom. The third kappa shape index (κ3) is 4.92.